The fourth-order valence-corrected chi connectivity index (χ4v) is 2.83. The molecule has 1 aromatic rings. The van der Waals surface area contributed by atoms with Crippen LogP contribution in [0.4, 0.5) is 0 Å². The quantitative estimate of drug-likeness (QED) is 0.742. The van der Waals surface area contributed by atoms with E-state index in [1.807, 2.05) is 23.1 Å². The first-order valence-corrected chi connectivity index (χ1v) is 7.79. The van der Waals surface area contributed by atoms with Crippen LogP contribution in [-0.2, 0) is 6.54 Å². The van der Waals surface area contributed by atoms with E-state index in [2.05, 4.69) is 22.7 Å². The molecule has 1 fully saturated rings. The van der Waals surface area contributed by atoms with Gasteiger partial charge in [0, 0.05) is 31.0 Å². The Morgan fingerprint density at radius 2 is 2.37 bits per heavy atom. The average Bonchev–Trinajstić information content (AvgIpc) is 2.79. The van der Waals surface area contributed by atoms with Crippen LogP contribution in [0.15, 0.2) is 18.5 Å². The van der Waals surface area contributed by atoms with Gasteiger partial charge in [0.1, 0.15) is 0 Å². The standard InChI is InChI=1S/C15H28N4/c1-14(13-15-7-3-2-4-8-17-15)16-9-5-11-19-12-6-10-18-19/h6,10,12,14-17H,2-5,7-9,11,13H2,1H3. The minimum Gasteiger partial charge on any atom is -0.314 e. The molecule has 1 saturated heterocycles. The molecule has 0 amide bonds. The summed E-state index contributed by atoms with van der Waals surface area (Å²) in [6.45, 7) is 5.60. The fraction of sp³-hybridized carbons (Fsp3) is 0.800. The Labute approximate surface area is 117 Å². The van der Waals surface area contributed by atoms with Crippen LogP contribution in [0.3, 0.4) is 0 Å². The van der Waals surface area contributed by atoms with Gasteiger partial charge >= 0.3 is 0 Å². The van der Waals surface area contributed by atoms with E-state index in [4.69, 9.17) is 0 Å². The maximum absolute atomic E-state index is 4.22. The Bertz CT molecular complexity index is 315. The molecular formula is C15H28N4. The van der Waals surface area contributed by atoms with E-state index in [1.165, 1.54) is 38.6 Å². The van der Waals surface area contributed by atoms with Gasteiger partial charge in [0.2, 0.25) is 0 Å². The smallest absolute Gasteiger partial charge is 0.0489 e. The Kier molecular flexibility index (Phi) is 6.37. The van der Waals surface area contributed by atoms with Crippen molar-refractivity contribution in [1.82, 2.24) is 20.4 Å². The highest BCUT2D eigenvalue weighted by Gasteiger charge is 2.14. The zero-order valence-electron chi connectivity index (χ0n) is 12.1. The van der Waals surface area contributed by atoms with Crippen LogP contribution in [-0.4, -0.2) is 35.0 Å². The van der Waals surface area contributed by atoms with Gasteiger partial charge in [0.25, 0.3) is 0 Å². The summed E-state index contributed by atoms with van der Waals surface area (Å²) in [6.07, 6.45) is 11.7. The van der Waals surface area contributed by atoms with Crippen molar-refractivity contribution in [2.24, 2.45) is 0 Å². The molecule has 1 aliphatic rings. The second-order valence-electron chi connectivity index (χ2n) is 5.71. The largest absolute Gasteiger partial charge is 0.314 e. The van der Waals surface area contributed by atoms with Crippen LogP contribution in [0.5, 0.6) is 0 Å². The van der Waals surface area contributed by atoms with Crippen molar-refractivity contribution in [1.29, 1.82) is 0 Å². The van der Waals surface area contributed by atoms with Crippen molar-refractivity contribution in [3.63, 3.8) is 0 Å². The van der Waals surface area contributed by atoms with Crippen molar-refractivity contribution >= 4 is 0 Å². The predicted molar refractivity (Wildman–Crippen MR) is 79.2 cm³/mol. The van der Waals surface area contributed by atoms with Crippen molar-refractivity contribution in [2.75, 3.05) is 13.1 Å². The first-order chi connectivity index (χ1) is 9.34. The highest BCUT2D eigenvalue weighted by Crippen LogP contribution is 2.12. The van der Waals surface area contributed by atoms with E-state index in [0.717, 1.165) is 25.6 Å². The fourth-order valence-electron chi connectivity index (χ4n) is 2.83. The van der Waals surface area contributed by atoms with Gasteiger partial charge in [0.15, 0.2) is 0 Å². The lowest BCUT2D eigenvalue weighted by Gasteiger charge is -2.21. The van der Waals surface area contributed by atoms with E-state index in [0.29, 0.717) is 6.04 Å². The topological polar surface area (TPSA) is 41.9 Å². The van der Waals surface area contributed by atoms with E-state index in [9.17, 15) is 0 Å². The molecule has 0 spiro atoms. The molecule has 0 saturated carbocycles. The first kappa shape index (κ1) is 14.5. The van der Waals surface area contributed by atoms with Crippen LogP contribution in [0.25, 0.3) is 0 Å². The van der Waals surface area contributed by atoms with Gasteiger partial charge in [-0.05, 0) is 51.8 Å². The normalized spacial score (nSPS) is 22.1. The molecule has 1 aliphatic heterocycles. The number of rotatable bonds is 7. The number of aromatic nitrogens is 2. The van der Waals surface area contributed by atoms with Gasteiger partial charge in [-0.25, -0.2) is 0 Å². The van der Waals surface area contributed by atoms with Crippen LogP contribution in [0, 0.1) is 0 Å². The third-order valence-electron chi connectivity index (χ3n) is 3.92. The number of nitrogens with one attached hydrogen (secondary N) is 2. The molecule has 19 heavy (non-hydrogen) atoms. The lowest BCUT2D eigenvalue weighted by atomic mass is 10.0. The molecule has 2 heterocycles. The Hall–Kier alpha value is -0.870. The summed E-state index contributed by atoms with van der Waals surface area (Å²) < 4.78 is 2.00. The summed E-state index contributed by atoms with van der Waals surface area (Å²) in [6, 6.07) is 3.30. The minimum absolute atomic E-state index is 0.605. The molecule has 108 valence electrons. The highest BCUT2D eigenvalue weighted by atomic mass is 15.3. The van der Waals surface area contributed by atoms with Crippen molar-refractivity contribution in [3.8, 4) is 0 Å². The molecule has 4 nitrogen and oxygen atoms in total. The third kappa shape index (κ3) is 5.74. The monoisotopic (exact) mass is 264 g/mol. The van der Waals surface area contributed by atoms with Gasteiger partial charge < -0.3 is 10.6 Å². The summed E-state index contributed by atoms with van der Waals surface area (Å²) >= 11 is 0. The number of hydrogen-bond donors (Lipinski definition) is 2. The molecule has 2 atom stereocenters. The number of nitrogens with zero attached hydrogens (tertiary/aromatic N) is 2. The van der Waals surface area contributed by atoms with E-state index in [-0.39, 0.29) is 0 Å². The molecule has 1 aromatic heterocycles. The van der Waals surface area contributed by atoms with Gasteiger partial charge in [-0.3, -0.25) is 4.68 Å². The van der Waals surface area contributed by atoms with Gasteiger partial charge in [0.05, 0.1) is 0 Å². The van der Waals surface area contributed by atoms with E-state index >= 15 is 0 Å². The zero-order chi connectivity index (χ0) is 13.3. The lowest BCUT2D eigenvalue weighted by Crippen LogP contribution is -2.37. The maximum atomic E-state index is 4.22. The van der Waals surface area contributed by atoms with Gasteiger partial charge in [-0.15, -0.1) is 0 Å². The molecule has 0 bridgehead atoms. The van der Waals surface area contributed by atoms with Crippen LogP contribution in [0.2, 0.25) is 0 Å². The highest BCUT2D eigenvalue weighted by molar-refractivity contribution is 4.78. The third-order valence-corrected chi connectivity index (χ3v) is 3.92. The molecule has 2 unspecified atom stereocenters. The lowest BCUT2D eigenvalue weighted by molar-refractivity contribution is 0.397. The van der Waals surface area contributed by atoms with Crippen LogP contribution in [0.1, 0.15) is 45.4 Å². The summed E-state index contributed by atoms with van der Waals surface area (Å²) in [7, 11) is 0. The second-order valence-corrected chi connectivity index (χ2v) is 5.71. The maximum Gasteiger partial charge on any atom is 0.0489 e. The van der Waals surface area contributed by atoms with Gasteiger partial charge in [-0.1, -0.05) is 12.8 Å². The second kappa shape index (κ2) is 8.33. The Balaban J connectivity index is 1.54. The minimum atomic E-state index is 0.605. The summed E-state index contributed by atoms with van der Waals surface area (Å²) in [5.74, 6) is 0. The molecule has 0 aromatic carbocycles. The van der Waals surface area contributed by atoms with Crippen LogP contribution >= 0.6 is 0 Å². The summed E-state index contributed by atoms with van der Waals surface area (Å²) in [5, 5.41) is 11.5. The number of hydrogen-bond acceptors (Lipinski definition) is 3. The first-order valence-electron chi connectivity index (χ1n) is 7.79. The molecule has 0 aliphatic carbocycles. The van der Waals surface area contributed by atoms with E-state index < -0.39 is 0 Å². The molecule has 2 N–H and O–H groups in total. The summed E-state index contributed by atoms with van der Waals surface area (Å²) in [5.41, 5.74) is 0. The van der Waals surface area contributed by atoms with Crippen molar-refractivity contribution in [3.05, 3.63) is 18.5 Å². The summed E-state index contributed by atoms with van der Waals surface area (Å²) in [4.78, 5) is 0. The van der Waals surface area contributed by atoms with Crippen molar-refractivity contribution < 1.29 is 0 Å². The SMILES string of the molecule is CC(CC1CCCCCN1)NCCCn1cccn1. The van der Waals surface area contributed by atoms with E-state index in [1.54, 1.807) is 0 Å². The molecule has 0 radical (unpaired) electrons. The van der Waals surface area contributed by atoms with Crippen molar-refractivity contribution in [2.45, 2.75) is 64.1 Å². The molecular weight excluding hydrogens is 236 g/mol. The number of aryl methyl sites for hydroxylation is 1. The zero-order valence-corrected chi connectivity index (χ0v) is 12.1. The average molecular weight is 264 g/mol. The Morgan fingerprint density at radius 3 is 3.21 bits per heavy atom. The molecule has 4 heteroatoms. The van der Waals surface area contributed by atoms with Crippen LogP contribution < -0.4 is 10.6 Å². The van der Waals surface area contributed by atoms with Gasteiger partial charge in [-0.2, -0.15) is 5.10 Å². The predicted octanol–water partition coefficient (Wildman–Crippen LogP) is 2.17. The Morgan fingerprint density at radius 1 is 1.42 bits per heavy atom. The molecule has 2 rings (SSSR count).